The molecule has 5 heteroatoms. The molecule has 1 aromatic carbocycles. The van der Waals surface area contributed by atoms with Gasteiger partial charge in [0.05, 0.1) is 13.2 Å². The molecule has 0 aliphatic carbocycles. The van der Waals surface area contributed by atoms with Crippen molar-refractivity contribution in [3.63, 3.8) is 0 Å². The molecule has 1 atom stereocenters. The van der Waals surface area contributed by atoms with Crippen molar-refractivity contribution in [2.24, 2.45) is 0 Å². The summed E-state index contributed by atoms with van der Waals surface area (Å²) in [6.07, 6.45) is 0. The van der Waals surface area contributed by atoms with Crippen LogP contribution in [0.1, 0.15) is 12.5 Å². The first-order chi connectivity index (χ1) is 8.17. The molecule has 1 unspecified atom stereocenters. The van der Waals surface area contributed by atoms with Crippen molar-refractivity contribution in [1.82, 2.24) is 5.32 Å². The van der Waals surface area contributed by atoms with Crippen molar-refractivity contribution in [2.75, 3.05) is 13.2 Å². The highest BCUT2D eigenvalue weighted by atomic mass is 16.5. The van der Waals surface area contributed by atoms with E-state index in [0.29, 0.717) is 13.2 Å². The molecule has 1 aromatic rings. The number of ether oxygens (including phenoxy) is 1. The molecular weight excluding hydrogens is 222 g/mol. The first-order valence-electron chi connectivity index (χ1n) is 5.46. The van der Waals surface area contributed by atoms with Gasteiger partial charge in [-0.3, -0.25) is 10.1 Å². The van der Waals surface area contributed by atoms with Crippen molar-refractivity contribution in [3.8, 4) is 5.75 Å². The van der Waals surface area contributed by atoms with Crippen LogP contribution in [0.2, 0.25) is 0 Å². The number of carboxylic acid groups (broad SMARTS) is 1. The number of hydrogen-bond donors (Lipinski definition) is 3. The van der Waals surface area contributed by atoms with Crippen molar-refractivity contribution >= 4 is 5.97 Å². The lowest BCUT2D eigenvalue weighted by Crippen LogP contribution is -2.39. The van der Waals surface area contributed by atoms with E-state index in [4.69, 9.17) is 14.9 Å². The predicted octanol–water partition coefficient (Wildman–Crippen LogP) is 0.620. The van der Waals surface area contributed by atoms with E-state index >= 15 is 0 Å². The fourth-order valence-corrected chi connectivity index (χ4v) is 1.34. The van der Waals surface area contributed by atoms with Crippen LogP contribution in [0.3, 0.4) is 0 Å². The zero-order valence-corrected chi connectivity index (χ0v) is 9.72. The van der Waals surface area contributed by atoms with Crippen LogP contribution in [0.25, 0.3) is 0 Å². The molecule has 0 bridgehead atoms. The monoisotopic (exact) mass is 239 g/mol. The van der Waals surface area contributed by atoms with E-state index in [1.165, 1.54) is 0 Å². The van der Waals surface area contributed by atoms with Gasteiger partial charge in [0.2, 0.25) is 0 Å². The highest BCUT2D eigenvalue weighted by Crippen LogP contribution is 2.11. The molecule has 0 heterocycles. The van der Waals surface area contributed by atoms with Crippen LogP contribution in [-0.4, -0.2) is 35.4 Å². The number of hydrogen-bond acceptors (Lipinski definition) is 4. The Kier molecular flexibility index (Phi) is 5.45. The predicted molar refractivity (Wildman–Crippen MR) is 63.0 cm³/mol. The average molecular weight is 239 g/mol. The number of rotatable bonds is 7. The molecule has 0 fully saturated rings. The van der Waals surface area contributed by atoms with Gasteiger partial charge in [-0.2, -0.15) is 0 Å². The minimum Gasteiger partial charge on any atom is -0.494 e. The summed E-state index contributed by atoms with van der Waals surface area (Å²) in [5.41, 5.74) is 0.938. The third kappa shape index (κ3) is 4.42. The van der Waals surface area contributed by atoms with Crippen LogP contribution in [0.4, 0.5) is 0 Å². The lowest BCUT2D eigenvalue weighted by atomic mass is 10.2. The molecule has 1 rings (SSSR count). The van der Waals surface area contributed by atoms with E-state index in [1.807, 2.05) is 31.2 Å². The summed E-state index contributed by atoms with van der Waals surface area (Å²) in [6, 6.07) is 6.44. The van der Waals surface area contributed by atoms with Gasteiger partial charge in [0, 0.05) is 6.54 Å². The topological polar surface area (TPSA) is 78.8 Å². The Hall–Kier alpha value is -1.59. The van der Waals surface area contributed by atoms with Gasteiger partial charge in [-0.25, -0.2) is 0 Å². The number of carboxylic acids is 1. The standard InChI is InChI=1S/C12H17NO4/c1-2-17-10-5-3-9(4-6-10)7-13-11(8-14)12(15)16/h3-6,11,13-14H,2,7-8H2,1H3,(H,15,16). The van der Waals surface area contributed by atoms with Crippen LogP contribution in [0.5, 0.6) is 5.75 Å². The maximum Gasteiger partial charge on any atom is 0.323 e. The number of benzene rings is 1. The van der Waals surface area contributed by atoms with Crippen molar-refractivity contribution < 1.29 is 19.7 Å². The number of aliphatic carboxylic acids is 1. The van der Waals surface area contributed by atoms with Crippen LogP contribution >= 0.6 is 0 Å². The van der Waals surface area contributed by atoms with E-state index in [0.717, 1.165) is 11.3 Å². The molecule has 0 spiro atoms. The fourth-order valence-electron chi connectivity index (χ4n) is 1.34. The van der Waals surface area contributed by atoms with Gasteiger partial charge < -0.3 is 14.9 Å². The molecular formula is C12H17NO4. The Morgan fingerprint density at radius 3 is 2.53 bits per heavy atom. The van der Waals surface area contributed by atoms with Gasteiger partial charge in [0.25, 0.3) is 0 Å². The van der Waals surface area contributed by atoms with E-state index in [2.05, 4.69) is 5.32 Å². The number of nitrogens with one attached hydrogen (secondary N) is 1. The Morgan fingerprint density at radius 2 is 2.06 bits per heavy atom. The highest BCUT2D eigenvalue weighted by molar-refractivity contribution is 5.73. The Bertz CT molecular complexity index is 350. The lowest BCUT2D eigenvalue weighted by Gasteiger charge is -2.11. The Balaban J connectivity index is 2.49. The number of aliphatic hydroxyl groups excluding tert-OH is 1. The molecule has 0 aliphatic heterocycles. The lowest BCUT2D eigenvalue weighted by molar-refractivity contribution is -0.140. The van der Waals surface area contributed by atoms with Gasteiger partial charge in [-0.1, -0.05) is 12.1 Å². The molecule has 0 amide bonds. The second-order valence-corrected chi connectivity index (χ2v) is 3.53. The highest BCUT2D eigenvalue weighted by Gasteiger charge is 2.14. The van der Waals surface area contributed by atoms with Gasteiger partial charge >= 0.3 is 5.97 Å². The van der Waals surface area contributed by atoms with Gasteiger partial charge in [-0.15, -0.1) is 0 Å². The smallest absolute Gasteiger partial charge is 0.323 e. The zero-order chi connectivity index (χ0) is 12.7. The van der Waals surface area contributed by atoms with Crippen LogP contribution in [0, 0.1) is 0 Å². The molecule has 94 valence electrons. The number of carbonyl (C=O) groups is 1. The molecule has 0 saturated heterocycles. The molecule has 17 heavy (non-hydrogen) atoms. The molecule has 0 radical (unpaired) electrons. The van der Waals surface area contributed by atoms with Crippen molar-refractivity contribution in [2.45, 2.75) is 19.5 Å². The second kappa shape index (κ2) is 6.88. The third-order valence-corrected chi connectivity index (χ3v) is 2.27. The van der Waals surface area contributed by atoms with E-state index in [9.17, 15) is 4.79 Å². The van der Waals surface area contributed by atoms with Crippen LogP contribution in [-0.2, 0) is 11.3 Å². The zero-order valence-electron chi connectivity index (χ0n) is 9.72. The minimum absolute atomic E-state index is 0.393. The molecule has 0 saturated carbocycles. The van der Waals surface area contributed by atoms with Crippen molar-refractivity contribution in [3.05, 3.63) is 29.8 Å². The van der Waals surface area contributed by atoms with Gasteiger partial charge in [-0.05, 0) is 24.6 Å². The molecule has 0 aromatic heterocycles. The first kappa shape index (κ1) is 13.5. The normalized spacial score (nSPS) is 12.1. The van der Waals surface area contributed by atoms with E-state index in [1.54, 1.807) is 0 Å². The minimum atomic E-state index is -1.06. The van der Waals surface area contributed by atoms with E-state index < -0.39 is 18.6 Å². The summed E-state index contributed by atoms with van der Waals surface area (Å²) in [6.45, 7) is 2.49. The maximum absolute atomic E-state index is 10.6. The largest absolute Gasteiger partial charge is 0.494 e. The third-order valence-electron chi connectivity index (χ3n) is 2.27. The van der Waals surface area contributed by atoms with Crippen LogP contribution in [0.15, 0.2) is 24.3 Å². The maximum atomic E-state index is 10.6. The summed E-state index contributed by atoms with van der Waals surface area (Å²) in [5, 5.41) is 20.3. The Labute approximate surface area is 100 Å². The summed E-state index contributed by atoms with van der Waals surface area (Å²) < 4.78 is 5.29. The SMILES string of the molecule is CCOc1ccc(CNC(CO)C(=O)O)cc1. The molecule has 5 nitrogen and oxygen atoms in total. The molecule has 0 aliphatic rings. The van der Waals surface area contributed by atoms with Gasteiger partial charge in [0.15, 0.2) is 0 Å². The summed E-state index contributed by atoms with van der Waals surface area (Å²) in [5.74, 6) is -0.272. The summed E-state index contributed by atoms with van der Waals surface area (Å²) >= 11 is 0. The first-order valence-corrected chi connectivity index (χ1v) is 5.46. The Morgan fingerprint density at radius 1 is 1.41 bits per heavy atom. The number of aliphatic hydroxyl groups is 1. The van der Waals surface area contributed by atoms with E-state index in [-0.39, 0.29) is 0 Å². The molecule has 3 N–H and O–H groups in total. The van der Waals surface area contributed by atoms with Crippen molar-refractivity contribution in [1.29, 1.82) is 0 Å². The van der Waals surface area contributed by atoms with Crippen LogP contribution < -0.4 is 10.1 Å². The fraction of sp³-hybridized carbons (Fsp3) is 0.417. The second-order valence-electron chi connectivity index (χ2n) is 3.53. The average Bonchev–Trinajstić information content (AvgIpc) is 2.32. The summed E-state index contributed by atoms with van der Waals surface area (Å²) in [7, 11) is 0. The van der Waals surface area contributed by atoms with Gasteiger partial charge in [0.1, 0.15) is 11.8 Å². The summed E-state index contributed by atoms with van der Waals surface area (Å²) in [4.78, 5) is 10.6. The quantitative estimate of drug-likeness (QED) is 0.650.